The van der Waals surface area contributed by atoms with Gasteiger partial charge in [-0.05, 0) is 31.9 Å². The Morgan fingerprint density at radius 2 is 1.96 bits per heavy atom. The van der Waals surface area contributed by atoms with Gasteiger partial charge in [-0.3, -0.25) is 14.5 Å². The van der Waals surface area contributed by atoms with Gasteiger partial charge in [0.05, 0.1) is 19.1 Å². The Balaban J connectivity index is 1.59. The van der Waals surface area contributed by atoms with E-state index < -0.39 is 0 Å². The smallest absolute Gasteiger partial charge is 0.227 e. The van der Waals surface area contributed by atoms with Gasteiger partial charge < -0.3 is 15.0 Å². The molecule has 2 aliphatic heterocycles. The summed E-state index contributed by atoms with van der Waals surface area (Å²) in [6, 6.07) is 7.94. The number of para-hydroxylation sites is 1. The molecule has 148 valence electrons. The Hall–Kier alpha value is -1.92. The molecule has 2 saturated heterocycles. The second kappa shape index (κ2) is 8.40. The van der Waals surface area contributed by atoms with Gasteiger partial charge in [-0.15, -0.1) is 0 Å². The van der Waals surface area contributed by atoms with Gasteiger partial charge in [0.2, 0.25) is 11.8 Å². The highest BCUT2D eigenvalue weighted by atomic mass is 16.5. The van der Waals surface area contributed by atoms with Crippen molar-refractivity contribution in [2.75, 3.05) is 44.3 Å². The zero-order valence-corrected chi connectivity index (χ0v) is 16.7. The number of morpholine rings is 1. The summed E-state index contributed by atoms with van der Waals surface area (Å²) in [5.74, 6) is -0.285. The molecule has 0 spiro atoms. The van der Waals surface area contributed by atoms with Crippen molar-refractivity contribution in [3.8, 4) is 0 Å². The summed E-state index contributed by atoms with van der Waals surface area (Å²) < 4.78 is 5.41. The van der Waals surface area contributed by atoms with Crippen molar-refractivity contribution in [3.63, 3.8) is 0 Å². The predicted molar refractivity (Wildman–Crippen MR) is 106 cm³/mol. The Labute approximate surface area is 161 Å². The lowest BCUT2D eigenvalue weighted by Gasteiger charge is -2.41. The van der Waals surface area contributed by atoms with Crippen LogP contribution in [0.2, 0.25) is 0 Å². The summed E-state index contributed by atoms with van der Waals surface area (Å²) in [6.07, 6.45) is 1.15. The Bertz CT molecular complexity index is 683. The average Bonchev–Trinajstić information content (AvgIpc) is 3.08. The third-order valence-electron chi connectivity index (χ3n) is 5.72. The molecule has 1 aromatic rings. The Kier molecular flexibility index (Phi) is 6.17. The van der Waals surface area contributed by atoms with Crippen LogP contribution in [0.1, 0.15) is 32.8 Å². The van der Waals surface area contributed by atoms with E-state index in [-0.39, 0.29) is 29.7 Å². The maximum absolute atomic E-state index is 12.7. The number of aryl methyl sites for hydroxylation is 1. The SMILES string of the molecule is CCc1ccccc1N1CC(C(=O)NCC(C)(C)N2CCOCC2)CC1=O. The topological polar surface area (TPSA) is 61.9 Å². The van der Waals surface area contributed by atoms with Crippen LogP contribution in [0.25, 0.3) is 0 Å². The van der Waals surface area contributed by atoms with Crippen LogP contribution in [-0.2, 0) is 20.7 Å². The molecule has 0 saturated carbocycles. The minimum atomic E-state index is -0.289. The fraction of sp³-hybridized carbons (Fsp3) is 0.619. The first-order valence-corrected chi connectivity index (χ1v) is 9.91. The first kappa shape index (κ1) is 19.8. The summed E-state index contributed by atoms with van der Waals surface area (Å²) in [7, 11) is 0. The molecule has 1 N–H and O–H groups in total. The van der Waals surface area contributed by atoms with E-state index in [0.29, 0.717) is 13.1 Å². The highest BCUT2D eigenvalue weighted by Gasteiger charge is 2.37. The van der Waals surface area contributed by atoms with Crippen molar-refractivity contribution in [2.24, 2.45) is 5.92 Å². The lowest BCUT2D eigenvalue weighted by Crippen LogP contribution is -2.55. The monoisotopic (exact) mass is 373 g/mol. The van der Waals surface area contributed by atoms with Crippen LogP contribution in [-0.4, -0.2) is 61.6 Å². The highest BCUT2D eigenvalue weighted by molar-refractivity contribution is 6.00. The summed E-state index contributed by atoms with van der Waals surface area (Å²) in [4.78, 5) is 29.4. The molecule has 2 aliphatic rings. The van der Waals surface area contributed by atoms with Gasteiger partial charge in [0, 0.05) is 43.8 Å². The van der Waals surface area contributed by atoms with Crippen LogP contribution in [0.4, 0.5) is 5.69 Å². The molecular formula is C21H31N3O3. The number of carbonyl (C=O) groups is 2. The van der Waals surface area contributed by atoms with E-state index in [0.717, 1.165) is 44.0 Å². The summed E-state index contributed by atoms with van der Waals surface area (Å²) >= 11 is 0. The van der Waals surface area contributed by atoms with Gasteiger partial charge in [-0.1, -0.05) is 25.1 Å². The molecule has 1 aromatic carbocycles. The van der Waals surface area contributed by atoms with Crippen LogP contribution in [0, 0.1) is 5.92 Å². The Morgan fingerprint density at radius 1 is 1.26 bits per heavy atom. The van der Waals surface area contributed by atoms with Gasteiger partial charge >= 0.3 is 0 Å². The van der Waals surface area contributed by atoms with Crippen LogP contribution in [0.3, 0.4) is 0 Å². The molecule has 1 atom stereocenters. The molecule has 6 heteroatoms. The Morgan fingerprint density at radius 3 is 2.67 bits per heavy atom. The normalized spacial score (nSPS) is 21.5. The van der Waals surface area contributed by atoms with Crippen LogP contribution in [0.5, 0.6) is 0 Å². The second-order valence-electron chi connectivity index (χ2n) is 8.02. The summed E-state index contributed by atoms with van der Waals surface area (Å²) in [5.41, 5.74) is 1.95. The maximum atomic E-state index is 12.7. The quantitative estimate of drug-likeness (QED) is 0.826. The summed E-state index contributed by atoms with van der Waals surface area (Å²) in [6.45, 7) is 10.6. The number of hydrogen-bond donors (Lipinski definition) is 1. The second-order valence-corrected chi connectivity index (χ2v) is 8.02. The van der Waals surface area contributed by atoms with Gasteiger partial charge in [0.25, 0.3) is 0 Å². The van der Waals surface area contributed by atoms with Crippen LogP contribution in [0.15, 0.2) is 24.3 Å². The minimum Gasteiger partial charge on any atom is -0.379 e. The van der Waals surface area contributed by atoms with E-state index >= 15 is 0 Å². The third-order valence-corrected chi connectivity index (χ3v) is 5.72. The van der Waals surface area contributed by atoms with Gasteiger partial charge in [-0.25, -0.2) is 0 Å². The first-order valence-electron chi connectivity index (χ1n) is 9.91. The summed E-state index contributed by atoms with van der Waals surface area (Å²) in [5, 5.41) is 3.08. The number of rotatable bonds is 6. The van der Waals surface area contributed by atoms with E-state index in [9.17, 15) is 9.59 Å². The standard InChI is InChI=1S/C21H31N3O3/c1-4-16-7-5-6-8-18(16)24-14-17(13-19(24)25)20(26)22-15-21(2,3)23-9-11-27-12-10-23/h5-8,17H,4,9-15H2,1-3H3,(H,22,26). The van der Waals surface area contributed by atoms with Crippen molar-refractivity contribution in [2.45, 2.75) is 39.2 Å². The number of carbonyl (C=O) groups excluding carboxylic acids is 2. The lowest BCUT2D eigenvalue weighted by atomic mass is 10.0. The van der Waals surface area contributed by atoms with E-state index in [2.05, 4.69) is 31.0 Å². The minimum absolute atomic E-state index is 0.0267. The molecule has 3 rings (SSSR count). The number of anilines is 1. The predicted octanol–water partition coefficient (Wildman–Crippen LogP) is 1.83. The number of amides is 2. The molecule has 0 aromatic heterocycles. The molecule has 0 bridgehead atoms. The first-order chi connectivity index (χ1) is 12.9. The number of ether oxygens (including phenoxy) is 1. The van der Waals surface area contributed by atoms with E-state index in [1.807, 2.05) is 24.3 Å². The highest BCUT2D eigenvalue weighted by Crippen LogP contribution is 2.28. The number of hydrogen-bond acceptors (Lipinski definition) is 4. The van der Waals surface area contributed by atoms with Gasteiger partial charge in [0.1, 0.15) is 0 Å². The maximum Gasteiger partial charge on any atom is 0.227 e. The molecule has 0 aliphatic carbocycles. The fourth-order valence-corrected chi connectivity index (χ4v) is 3.92. The zero-order valence-electron chi connectivity index (χ0n) is 16.7. The number of nitrogens with zero attached hydrogens (tertiary/aromatic N) is 2. The largest absolute Gasteiger partial charge is 0.379 e. The van der Waals surface area contributed by atoms with Crippen molar-refractivity contribution < 1.29 is 14.3 Å². The van der Waals surface area contributed by atoms with E-state index in [1.165, 1.54) is 0 Å². The lowest BCUT2D eigenvalue weighted by molar-refractivity contribution is -0.127. The van der Waals surface area contributed by atoms with Crippen LogP contribution >= 0.6 is 0 Å². The molecule has 0 radical (unpaired) electrons. The number of nitrogens with one attached hydrogen (secondary N) is 1. The van der Waals surface area contributed by atoms with Gasteiger partial charge in [0.15, 0.2) is 0 Å². The molecule has 1 unspecified atom stereocenters. The zero-order chi connectivity index (χ0) is 19.4. The molecule has 2 fully saturated rings. The number of benzene rings is 1. The van der Waals surface area contributed by atoms with Gasteiger partial charge in [-0.2, -0.15) is 0 Å². The van der Waals surface area contributed by atoms with E-state index in [1.54, 1.807) is 4.90 Å². The van der Waals surface area contributed by atoms with Crippen molar-refractivity contribution in [3.05, 3.63) is 29.8 Å². The molecule has 2 heterocycles. The van der Waals surface area contributed by atoms with Crippen molar-refractivity contribution in [1.82, 2.24) is 10.2 Å². The fourth-order valence-electron chi connectivity index (χ4n) is 3.92. The average molecular weight is 373 g/mol. The molecule has 6 nitrogen and oxygen atoms in total. The molecule has 27 heavy (non-hydrogen) atoms. The molecule has 2 amide bonds. The van der Waals surface area contributed by atoms with Crippen molar-refractivity contribution >= 4 is 17.5 Å². The van der Waals surface area contributed by atoms with E-state index in [4.69, 9.17) is 4.74 Å². The third kappa shape index (κ3) is 4.50. The van der Waals surface area contributed by atoms with Crippen molar-refractivity contribution in [1.29, 1.82) is 0 Å². The van der Waals surface area contributed by atoms with Crippen LogP contribution < -0.4 is 10.2 Å². The molecular weight excluding hydrogens is 342 g/mol.